The second-order valence-electron chi connectivity index (χ2n) is 6.54. The van der Waals surface area contributed by atoms with Crippen molar-refractivity contribution in [3.8, 4) is 0 Å². The third kappa shape index (κ3) is 2.41. The fourth-order valence-corrected chi connectivity index (χ4v) is 3.28. The van der Waals surface area contributed by atoms with Crippen molar-refractivity contribution in [3.63, 3.8) is 0 Å². The minimum atomic E-state index is -2.30. The first-order valence-electron chi connectivity index (χ1n) is 7.70. The largest absolute Gasteiger partial charge is 0.347 e. The monoisotopic (exact) mass is 367 g/mol. The Balaban J connectivity index is 2.15. The number of nitrogens with zero attached hydrogens (tertiary/aromatic N) is 1. The van der Waals surface area contributed by atoms with E-state index in [2.05, 4.69) is 0 Å². The van der Waals surface area contributed by atoms with E-state index in [1.807, 2.05) is 12.1 Å². The van der Waals surface area contributed by atoms with Crippen molar-refractivity contribution in [2.24, 2.45) is 0 Å². The molecule has 136 valence electrons. The number of halogens is 5. The van der Waals surface area contributed by atoms with Gasteiger partial charge in [-0.25, -0.2) is 22.0 Å². The van der Waals surface area contributed by atoms with Crippen LogP contribution in [0.2, 0.25) is 0 Å². The molecule has 0 bridgehead atoms. The van der Waals surface area contributed by atoms with Crippen molar-refractivity contribution in [3.05, 3.63) is 76.3 Å². The molecule has 0 saturated carbocycles. The first-order chi connectivity index (χ1) is 12.1. The summed E-state index contributed by atoms with van der Waals surface area (Å²) in [5.41, 5.74) is -0.111. The van der Waals surface area contributed by atoms with Crippen LogP contribution in [0.15, 0.2) is 36.0 Å². The van der Waals surface area contributed by atoms with Crippen LogP contribution in [0, 0.1) is 29.1 Å². The number of likely N-dealkylation sites (N-methyl/N-ethyl adjacent to an activating group) is 1. The van der Waals surface area contributed by atoms with Gasteiger partial charge in [-0.3, -0.25) is 4.79 Å². The molecule has 2 aromatic carbocycles. The van der Waals surface area contributed by atoms with E-state index >= 15 is 0 Å². The van der Waals surface area contributed by atoms with Gasteiger partial charge in [-0.05, 0) is 11.6 Å². The van der Waals surface area contributed by atoms with Crippen LogP contribution < -0.4 is 4.90 Å². The number of benzene rings is 2. The lowest BCUT2D eigenvalue weighted by Crippen LogP contribution is -2.24. The molecule has 0 N–H and O–H groups in total. The van der Waals surface area contributed by atoms with Gasteiger partial charge in [0.1, 0.15) is 0 Å². The summed E-state index contributed by atoms with van der Waals surface area (Å²) in [5, 5.41) is 0. The van der Waals surface area contributed by atoms with Crippen molar-refractivity contribution in [2.75, 3.05) is 11.9 Å². The van der Waals surface area contributed by atoms with Gasteiger partial charge in [-0.15, -0.1) is 0 Å². The van der Waals surface area contributed by atoms with Crippen LogP contribution in [0.25, 0.3) is 0 Å². The maximum atomic E-state index is 13.9. The molecular formula is C19H14F5NO. The highest BCUT2D eigenvalue weighted by atomic mass is 19.2. The molecule has 2 aromatic rings. The predicted octanol–water partition coefficient (Wildman–Crippen LogP) is 4.88. The molecular weight excluding hydrogens is 353 g/mol. The normalized spacial score (nSPS) is 16.9. The number of rotatable bonds is 2. The van der Waals surface area contributed by atoms with Gasteiger partial charge in [-0.2, -0.15) is 0 Å². The minimum Gasteiger partial charge on any atom is -0.347 e. The quantitative estimate of drug-likeness (QED) is 0.248. The van der Waals surface area contributed by atoms with E-state index < -0.39 is 45.8 Å². The summed E-state index contributed by atoms with van der Waals surface area (Å²) in [6.07, 6.45) is 0.915. The number of hydrogen-bond acceptors (Lipinski definition) is 2. The average Bonchev–Trinajstić information content (AvgIpc) is 2.80. The van der Waals surface area contributed by atoms with Gasteiger partial charge in [0.25, 0.3) is 0 Å². The lowest BCUT2D eigenvalue weighted by atomic mass is 9.83. The van der Waals surface area contributed by atoms with Crippen molar-refractivity contribution >= 4 is 11.5 Å². The van der Waals surface area contributed by atoms with Gasteiger partial charge in [0.05, 0.1) is 5.56 Å². The topological polar surface area (TPSA) is 20.3 Å². The molecule has 0 unspecified atom stereocenters. The van der Waals surface area contributed by atoms with Gasteiger partial charge >= 0.3 is 0 Å². The lowest BCUT2D eigenvalue weighted by Gasteiger charge is -2.24. The fraction of sp³-hybridized carbons (Fsp3) is 0.211. The molecule has 1 aliphatic heterocycles. The summed E-state index contributed by atoms with van der Waals surface area (Å²) >= 11 is 0. The number of carbonyl (C=O) groups is 1. The predicted molar refractivity (Wildman–Crippen MR) is 86.5 cm³/mol. The van der Waals surface area contributed by atoms with Gasteiger partial charge in [0.15, 0.2) is 29.1 Å². The number of anilines is 1. The summed E-state index contributed by atoms with van der Waals surface area (Å²) in [4.78, 5) is 14.1. The van der Waals surface area contributed by atoms with E-state index in [0.29, 0.717) is 5.70 Å². The van der Waals surface area contributed by atoms with Crippen LogP contribution in [0.5, 0.6) is 0 Å². The van der Waals surface area contributed by atoms with E-state index in [4.69, 9.17) is 0 Å². The molecule has 0 fully saturated rings. The molecule has 7 heteroatoms. The Labute approximate surface area is 146 Å². The molecule has 0 aliphatic carbocycles. The number of para-hydroxylation sites is 1. The van der Waals surface area contributed by atoms with Crippen molar-refractivity contribution in [2.45, 2.75) is 19.3 Å². The zero-order chi connectivity index (χ0) is 19.4. The second-order valence-corrected chi connectivity index (χ2v) is 6.54. The van der Waals surface area contributed by atoms with Crippen LogP contribution >= 0.6 is 0 Å². The Morgan fingerprint density at radius 3 is 1.96 bits per heavy atom. The fourth-order valence-electron chi connectivity index (χ4n) is 3.28. The highest BCUT2D eigenvalue weighted by molar-refractivity contribution is 6.06. The third-order valence-electron chi connectivity index (χ3n) is 4.66. The maximum absolute atomic E-state index is 13.9. The van der Waals surface area contributed by atoms with E-state index in [1.165, 1.54) is 0 Å². The summed E-state index contributed by atoms with van der Waals surface area (Å²) < 4.78 is 67.7. The first-order valence-corrected chi connectivity index (χ1v) is 7.70. The molecule has 0 spiro atoms. The molecule has 1 heterocycles. The smallest absolute Gasteiger partial charge is 0.200 e. The maximum Gasteiger partial charge on any atom is 0.200 e. The highest BCUT2D eigenvalue weighted by Gasteiger charge is 2.39. The summed E-state index contributed by atoms with van der Waals surface area (Å²) in [6, 6.07) is 7.25. The van der Waals surface area contributed by atoms with Crippen molar-refractivity contribution in [1.29, 1.82) is 0 Å². The molecule has 26 heavy (non-hydrogen) atoms. The van der Waals surface area contributed by atoms with E-state index in [0.717, 1.165) is 17.3 Å². The standard InChI is InChI=1S/C19H14F5NO/c1-19(2)9-6-4-5-7-10(9)25(3)12(19)8-11(26)13-14(20)16(22)18(24)17(23)15(13)21/h4-8H,1-3H3/b12-8+. The number of allylic oxidation sites excluding steroid dienone is 2. The zero-order valence-electron chi connectivity index (χ0n) is 14.1. The molecule has 2 nitrogen and oxygen atoms in total. The Hall–Kier alpha value is -2.70. The van der Waals surface area contributed by atoms with Crippen LogP contribution in [0.3, 0.4) is 0 Å². The third-order valence-corrected chi connectivity index (χ3v) is 4.66. The Morgan fingerprint density at radius 1 is 0.923 bits per heavy atom. The van der Waals surface area contributed by atoms with Gasteiger partial charge in [0.2, 0.25) is 5.82 Å². The average molecular weight is 367 g/mol. The first kappa shape index (κ1) is 18.1. The van der Waals surface area contributed by atoms with Gasteiger partial charge < -0.3 is 4.90 Å². The summed E-state index contributed by atoms with van der Waals surface area (Å²) in [7, 11) is 1.66. The Morgan fingerprint density at radius 2 is 1.42 bits per heavy atom. The Bertz CT molecular complexity index is 936. The summed E-state index contributed by atoms with van der Waals surface area (Å²) in [6.45, 7) is 3.60. The SMILES string of the molecule is CN1/C(=C/C(=O)c2c(F)c(F)c(F)c(F)c2F)C(C)(C)c2ccccc21. The lowest BCUT2D eigenvalue weighted by molar-refractivity contribution is 0.103. The molecule has 0 radical (unpaired) electrons. The number of carbonyl (C=O) groups excluding carboxylic acids is 1. The molecule has 1 aliphatic rings. The van der Waals surface area contributed by atoms with Gasteiger partial charge in [-0.1, -0.05) is 32.0 Å². The van der Waals surface area contributed by atoms with E-state index in [-0.39, 0.29) is 0 Å². The molecule has 0 saturated heterocycles. The minimum absolute atomic E-state index is 0.382. The molecule has 3 rings (SSSR count). The van der Waals surface area contributed by atoms with Crippen molar-refractivity contribution in [1.82, 2.24) is 0 Å². The second kappa shape index (κ2) is 5.93. The molecule has 0 aromatic heterocycles. The van der Waals surface area contributed by atoms with Crippen LogP contribution in [-0.2, 0) is 5.41 Å². The Kier molecular flexibility index (Phi) is 4.13. The van der Waals surface area contributed by atoms with Crippen LogP contribution in [-0.4, -0.2) is 12.8 Å². The van der Waals surface area contributed by atoms with Gasteiger partial charge in [0, 0.05) is 29.9 Å². The number of ketones is 1. The van der Waals surface area contributed by atoms with Crippen LogP contribution in [0.4, 0.5) is 27.6 Å². The van der Waals surface area contributed by atoms with Crippen LogP contribution in [0.1, 0.15) is 29.8 Å². The summed E-state index contributed by atoms with van der Waals surface area (Å²) in [5.74, 6) is -12.2. The molecule has 0 atom stereocenters. The van der Waals surface area contributed by atoms with E-state index in [1.54, 1.807) is 37.9 Å². The molecule has 0 amide bonds. The van der Waals surface area contributed by atoms with E-state index in [9.17, 15) is 26.7 Å². The number of fused-ring (bicyclic) bond motifs is 1. The number of hydrogen-bond donors (Lipinski definition) is 0. The zero-order valence-corrected chi connectivity index (χ0v) is 14.1. The van der Waals surface area contributed by atoms with Crippen molar-refractivity contribution < 1.29 is 26.7 Å². The highest BCUT2D eigenvalue weighted by Crippen LogP contribution is 2.46.